The number of hydrogen-bond acceptors (Lipinski definition) is 5. The number of rotatable bonds is 4. The standard InChI is InChI=1S/C17H20FN5S/c1-17(2,3)23-15-13(10-20-23)14(21-16(22-15)24-4)19-9-11-5-7-12(18)8-6-11/h5-8,10H,9H2,1-4H3,(H,19,21,22). The first-order chi connectivity index (χ1) is 11.4. The molecule has 1 aromatic carbocycles. The van der Waals surface area contributed by atoms with Crippen LogP contribution >= 0.6 is 11.8 Å². The summed E-state index contributed by atoms with van der Waals surface area (Å²) in [7, 11) is 0. The van der Waals surface area contributed by atoms with Crippen molar-refractivity contribution in [1.29, 1.82) is 0 Å². The SMILES string of the molecule is CSc1nc(NCc2ccc(F)cc2)c2cnn(C(C)(C)C)c2n1. The average molecular weight is 345 g/mol. The van der Waals surface area contributed by atoms with Crippen molar-refractivity contribution in [3.05, 3.63) is 41.8 Å². The fourth-order valence-corrected chi connectivity index (χ4v) is 2.75. The quantitative estimate of drug-likeness (QED) is 0.571. The first-order valence-corrected chi connectivity index (χ1v) is 8.89. The van der Waals surface area contributed by atoms with E-state index in [4.69, 9.17) is 0 Å². The molecule has 3 aromatic rings. The second kappa shape index (κ2) is 6.39. The molecule has 0 aliphatic heterocycles. The van der Waals surface area contributed by atoms with Gasteiger partial charge in [0.1, 0.15) is 11.6 Å². The molecule has 0 aliphatic carbocycles. The van der Waals surface area contributed by atoms with Gasteiger partial charge < -0.3 is 5.32 Å². The van der Waals surface area contributed by atoms with Gasteiger partial charge in [-0.1, -0.05) is 23.9 Å². The highest BCUT2D eigenvalue weighted by atomic mass is 32.2. The summed E-state index contributed by atoms with van der Waals surface area (Å²) >= 11 is 1.49. The molecular formula is C17H20FN5S. The lowest BCUT2D eigenvalue weighted by molar-refractivity contribution is 0.365. The van der Waals surface area contributed by atoms with Gasteiger partial charge in [-0.05, 0) is 44.7 Å². The molecule has 0 spiro atoms. The number of nitrogens with one attached hydrogen (secondary N) is 1. The van der Waals surface area contributed by atoms with Crippen LogP contribution in [0.5, 0.6) is 0 Å². The van der Waals surface area contributed by atoms with Crippen LogP contribution in [0.4, 0.5) is 10.2 Å². The monoisotopic (exact) mass is 345 g/mol. The number of nitrogens with zero attached hydrogens (tertiary/aromatic N) is 4. The van der Waals surface area contributed by atoms with E-state index in [-0.39, 0.29) is 11.4 Å². The van der Waals surface area contributed by atoms with E-state index in [1.165, 1.54) is 23.9 Å². The van der Waals surface area contributed by atoms with E-state index < -0.39 is 0 Å². The zero-order valence-electron chi connectivity index (χ0n) is 14.2. The van der Waals surface area contributed by atoms with Gasteiger partial charge in [0, 0.05) is 6.54 Å². The number of benzene rings is 1. The third-order valence-electron chi connectivity index (χ3n) is 3.60. The molecule has 0 saturated heterocycles. The molecule has 2 aromatic heterocycles. The van der Waals surface area contributed by atoms with Crippen LogP contribution in [0.25, 0.3) is 11.0 Å². The van der Waals surface area contributed by atoms with Crippen LogP contribution in [0.15, 0.2) is 35.6 Å². The number of anilines is 1. The second-order valence-corrected chi connectivity index (χ2v) is 7.28. The van der Waals surface area contributed by atoms with Crippen LogP contribution in [-0.4, -0.2) is 26.0 Å². The van der Waals surface area contributed by atoms with Crippen molar-refractivity contribution in [1.82, 2.24) is 19.7 Å². The lowest BCUT2D eigenvalue weighted by Gasteiger charge is -2.20. The predicted molar refractivity (Wildman–Crippen MR) is 95.8 cm³/mol. The number of aromatic nitrogens is 4. The van der Waals surface area contributed by atoms with E-state index in [2.05, 4.69) is 41.2 Å². The van der Waals surface area contributed by atoms with E-state index in [0.717, 1.165) is 22.4 Å². The molecule has 2 heterocycles. The molecule has 5 nitrogen and oxygen atoms in total. The second-order valence-electron chi connectivity index (χ2n) is 6.50. The number of halogens is 1. The molecule has 7 heteroatoms. The van der Waals surface area contributed by atoms with E-state index in [1.807, 2.05) is 10.9 Å². The summed E-state index contributed by atoms with van der Waals surface area (Å²) in [6.07, 6.45) is 3.74. The van der Waals surface area contributed by atoms with Crippen molar-refractivity contribution in [3.8, 4) is 0 Å². The third-order valence-corrected chi connectivity index (χ3v) is 4.15. The molecule has 0 atom stereocenters. The zero-order chi connectivity index (χ0) is 17.3. The van der Waals surface area contributed by atoms with Gasteiger partial charge in [-0.15, -0.1) is 0 Å². The van der Waals surface area contributed by atoms with Crippen LogP contribution in [0, 0.1) is 5.82 Å². The topological polar surface area (TPSA) is 55.6 Å². The minimum Gasteiger partial charge on any atom is -0.365 e. The van der Waals surface area contributed by atoms with Crippen molar-refractivity contribution in [2.75, 3.05) is 11.6 Å². The molecule has 3 rings (SSSR count). The zero-order valence-corrected chi connectivity index (χ0v) is 15.0. The minimum atomic E-state index is -0.237. The van der Waals surface area contributed by atoms with Gasteiger partial charge in [0.15, 0.2) is 10.8 Å². The van der Waals surface area contributed by atoms with Crippen LogP contribution in [-0.2, 0) is 12.1 Å². The average Bonchev–Trinajstić information content (AvgIpc) is 2.98. The van der Waals surface area contributed by atoms with Crippen LogP contribution < -0.4 is 5.32 Å². The van der Waals surface area contributed by atoms with Crippen molar-refractivity contribution in [2.24, 2.45) is 0 Å². The highest BCUT2D eigenvalue weighted by Gasteiger charge is 2.20. The van der Waals surface area contributed by atoms with Crippen molar-refractivity contribution >= 4 is 28.6 Å². The Morgan fingerprint density at radius 2 is 1.88 bits per heavy atom. The maximum atomic E-state index is 13.0. The molecule has 0 bridgehead atoms. The molecule has 1 N–H and O–H groups in total. The van der Waals surface area contributed by atoms with E-state index in [0.29, 0.717) is 11.7 Å². The summed E-state index contributed by atoms with van der Waals surface area (Å²) < 4.78 is 14.9. The Hall–Kier alpha value is -2.15. The summed E-state index contributed by atoms with van der Waals surface area (Å²) in [4.78, 5) is 9.17. The van der Waals surface area contributed by atoms with E-state index >= 15 is 0 Å². The Morgan fingerprint density at radius 1 is 1.17 bits per heavy atom. The molecule has 0 unspecified atom stereocenters. The van der Waals surface area contributed by atoms with Crippen LogP contribution in [0.2, 0.25) is 0 Å². The van der Waals surface area contributed by atoms with Gasteiger partial charge in [-0.2, -0.15) is 5.10 Å². The summed E-state index contributed by atoms with van der Waals surface area (Å²) in [5.41, 5.74) is 1.63. The molecule has 126 valence electrons. The van der Waals surface area contributed by atoms with Crippen molar-refractivity contribution < 1.29 is 4.39 Å². The molecule has 0 aliphatic rings. The van der Waals surface area contributed by atoms with E-state index in [9.17, 15) is 4.39 Å². The molecule has 24 heavy (non-hydrogen) atoms. The third kappa shape index (κ3) is 3.36. The highest BCUT2D eigenvalue weighted by molar-refractivity contribution is 7.98. The van der Waals surface area contributed by atoms with E-state index in [1.54, 1.807) is 18.3 Å². The number of thioether (sulfide) groups is 1. The van der Waals surface area contributed by atoms with Gasteiger partial charge in [-0.3, -0.25) is 0 Å². The Morgan fingerprint density at radius 3 is 2.50 bits per heavy atom. The van der Waals surface area contributed by atoms with Gasteiger partial charge in [0.25, 0.3) is 0 Å². The van der Waals surface area contributed by atoms with Crippen LogP contribution in [0.1, 0.15) is 26.3 Å². The Labute approximate surface area is 144 Å². The largest absolute Gasteiger partial charge is 0.365 e. The van der Waals surface area contributed by atoms with Crippen LogP contribution in [0.3, 0.4) is 0 Å². The first-order valence-electron chi connectivity index (χ1n) is 7.67. The lowest BCUT2D eigenvalue weighted by atomic mass is 10.1. The molecule has 0 fully saturated rings. The smallest absolute Gasteiger partial charge is 0.191 e. The minimum absolute atomic E-state index is 0.167. The Kier molecular flexibility index (Phi) is 4.45. The number of hydrogen-bond donors (Lipinski definition) is 1. The maximum Gasteiger partial charge on any atom is 0.191 e. The summed E-state index contributed by atoms with van der Waals surface area (Å²) in [5.74, 6) is 0.503. The Bertz CT molecular complexity index is 852. The molecule has 0 radical (unpaired) electrons. The predicted octanol–water partition coefficient (Wildman–Crippen LogP) is 4.05. The van der Waals surface area contributed by atoms with Crippen molar-refractivity contribution in [3.63, 3.8) is 0 Å². The fraction of sp³-hybridized carbons (Fsp3) is 0.353. The lowest BCUT2D eigenvalue weighted by Crippen LogP contribution is -2.23. The maximum absolute atomic E-state index is 13.0. The van der Waals surface area contributed by atoms with Crippen molar-refractivity contribution in [2.45, 2.75) is 38.0 Å². The molecule has 0 amide bonds. The Balaban J connectivity index is 1.97. The summed E-state index contributed by atoms with van der Waals surface area (Å²) in [5, 5.41) is 9.38. The van der Waals surface area contributed by atoms with Gasteiger partial charge >= 0.3 is 0 Å². The molecular weight excluding hydrogens is 325 g/mol. The summed E-state index contributed by atoms with van der Waals surface area (Å²) in [6.45, 7) is 6.82. The highest BCUT2D eigenvalue weighted by Crippen LogP contribution is 2.27. The van der Waals surface area contributed by atoms with Gasteiger partial charge in [0.2, 0.25) is 0 Å². The fourth-order valence-electron chi connectivity index (χ4n) is 2.39. The molecule has 0 saturated carbocycles. The summed E-state index contributed by atoms with van der Waals surface area (Å²) in [6, 6.07) is 6.43. The van der Waals surface area contributed by atoms with Gasteiger partial charge in [-0.25, -0.2) is 19.0 Å². The normalized spacial score (nSPS) is 11.9. The number of fused-ring (bicyclic) bond motifs is 1. The first kappa shape index (κ1) is 16.7. The van der Waals surface area contributed by atoms with Gasteiger partial charge in [0.05, 0.1) is 17.1 Å².